The van der Waals surface area contributed by atoms with E-state index >= 15 is 0 Å². The van der Waals surface area contributed by atoms with Crippen LogP contribution in [0.1, 0.15) is 11.3 Å². The summed E-state index contributed by atoms with van der Waals surface area (Å²) in [5, 5.41) is 11.9. The highest BCUT2D eigenvalue weighted by Gasteiger charge is 2.30. The van der Waals surface area contributed by atoms with Gasteiger partial charge in [0, 0.05) is 24.0 Å². The second-order valence-electron chi connectivity index (χ2n) is 4.05. The summed E-state index contributed by atoms with van der Waals surface area (Å²) >= 11 is 0. The van der Waals surface area contributed by atoms with E-state index in [0.29, 0.717) is 23.5 Å². The molecule has 0 radical (unpaired) electrons. The van der Waals surface area contributed by atoms with Crippen LogP contribution in [-0.2, 0) is 6.54 Å². The third kappa shape index (κ3) is 4.38. The first kappa shape index (κ1) is 14.7. The highest BCUT2D eigenvalue weighted by atomic mass is 19.4. The van der Waals surface area contributed by atoms with Crippen molar-refractivity contribution < 1.29 is 17.9 Å². The van der Waals surface area contributed by atoms with Crippen LogP contribution in [0.3, 0.4) is 0 Å². The first-order valence-corrected chi connectivity index (χ1v) is 5.91. The van der Waals surface area contributed by atoms with Gasteiger partial charge in [0.2, 0.25) is 0 Å². The summed E-state index contributed by atoms with van der Waals surface area (Å²) in [5.74, 6) is -0.285. The molecule has 0 atom stereocenters. The largest absolute Gasteiger partial charge is 0.573 e. The Balaban J connectivity index is 2.00. The maximum absolute atomic E-state index is 12.0. The number of halogens is 3. The van der Waals surface area contributed by atoms with Gasteiger partial charge in [0.25, 0.3) is 0 Å². The first-order valence-electron chi connectivity index (χ1n) is 5.91. The lowest BCUT2D eigenvalue weighted by Gasteiger charge is -2.10. The fourth-order valence-corrected chi connectivity index (χ4v) is 1.65. The molecule has 7 heteroatoms. The predicted molar refractivity (Wildman–Crippen MR) is 69.4 cm³/mol. The van der Waals surface area contributed by atoms with Crippen LogP contribution in [0.25, 0.3) is 0 Å². The second kappa shape index (κ2) is 6.13. The molecule has 1 aromatic carbocycles. The van der Waals surface area contributed by atoms with Crippen LogP contribution in [0.2, 0.25) is 0 Å². The smallest absolute Gasteiger partial charge is 0.406 e. The van der Waals surface area contributed by atoms with Gasteiger partial charge < -0.3 is 10.1 Å². The van der Waals surface area contributed by atoms with Crippen LogP contribution in [0, 0.1) is 11.3 Å². The molecule has 1 N–H and O–H groups in total. The Morgan fingerprint density at radius 2 is 1.90 bits per heavy atom. The summed E-state index contributed by atoms with van der Waals surface area (Å²) in [6, 6.07) is 10.8. The molecule has 21 heavy (non-hydrogen) atoms. The minimum absolute atomic E-state index is 0.285. The SMILES string of the molecule is N#Cc1ncccc1CNc1ccc(OC(F)(F)F)cc1. The Hall–Kier alpha value is -2.75. The fourth-order valence-electron chi connectivity index (χ4n) is 1.65. The number of nitrogens with zero attached hydrogens (tertiary/aromatic N) is 2. The van der Waals surface area contributed by atoms with E-state index in [9.17, 15) is 13.2 Å². The van der Waals surface area contributed by atoms with Crippen molar-refractivity contribution in [2.75, 3.05) is 5.32 Å². The highest BCUT2D eigenvalue weighted by molar-refractivity contribution is 5.47. The van der Waals surface area contributed by atoms with Crippen LogP contribution in [-0.4, -0.2) is 11.3 Å². The molecule has 108 valence electrons. The van der Waals surface area contributed by atoms with E-state index in [1.54, 1.807) is 12.1 Å². The topological polar surface area (TPSA) is 57.9 Å². The minimum atomic E-state index is -4.70. The van der Waals surface area contributed by atoms with Gasteiger partial charge in [-0.05, 0) is 30.3 Å². The van der Waals surface area contributed by atoms with Crippen LogP contribution < -0.4 is 10.1 Å². The number of pyridine rings is 1. The summed E-state index contributed by atoms with van der Waals surface area (Å²) in [6.45, 7) is 0.343. The lowest BCUT2D eigenvalue weighted by Crippen LogP contribution is -2.17. The van der Waals surface area contributed by atoms with Gasteiger partial charge in [0.1, 0.15) is 17.5 Å². The molecule has 2 rings (SSSR count). The normalized spacial score (nSPS) is 10.8. The number of nitrogens with one attached hydrogen (secondary N) is 1. The molecule has 0 saturated carbocycles. The maximum Gasteiger partial charge on any atom is 0.573 e. The molecule has 0 saturated heterocycles. The van der Waals surface area contributed by atoms with Crippen molar-refractivity contribution in [2.24, 2.45) is 0 Å². The zero-order valence-corrected chi connectivity index (χ0v) is 10.7. The summed E-state index contributed by atoms with van der Waals surface area (Å²) in [7, 11) is 0. The molecule has 1 aromatic heterocycles. The first-order chi connectivity index (χ1) is 9.98. The number of alkyl halides is 3. The Kier molecular flexibility index (Phi) is 4.28. The number of nitriles is 1. The standard InChI is InChI=1S/C14H10F3N3O/c15-14(16,17)21-12-5-3-11(4-6-12)20-9-10-2-1-7-19-13(10)8-18/h1-7,20H,9H2. The number of anilines is 1. The van der Waals surface area contributed by atoms with Crippen molar-refractivity contribution in [2.45, 2.75) is 12.9 Å². The number of ether oxygens (including phenoxy) is 1. The van der Waals surface area contributed by atoms with Gasteiger partial charge in [0.15, 0.2) is 0 Å². The van der Waals surface area contributed by atoms with E-state index in [4.69, 9.17) is 5.26 Å². The molecule has 2 aromatic rings. The summed E-state index contributed by atoms with van der Waals surface area (Å²) in [6.07, 6.45) is -3.18. The number of hydrogen-bond acceptors (Lipinski definition) is 4. The summed E-state index contributed by atoms with van der Waals surface area (Å²) in [5.41, 5.74) is 1.62. The molecule has 0 aliphatic rings. The molecule has 0 unspecified atom stereocenters. The van der Waals surface area contributed by atoms with Gasteiger partial charge in [-0.25, -0.2) is 4.98 Å². The molecule has 0 bridgehead atoms. The average Bonchev–Trinajstić information content (AvgIpc) is 2.45. The van der Waals surface area contributed by atoms with Crippen molar-refractivity contribution >= 4 is 5.69 Å². The van der Waals surface area contributed by atoms with Crippen LogP contribution in [0.15, 0.2) is 42.6 Å². The zero-order chi connectivity index (χ0) is 15.3. The molecule has 0 aliphatic carbocycles. The lowest BCUT2D eigenvalue weighted by atomic mass is 10.2. The molecule has 4 nitrogen and oxygen atoms in total. The molecule has 0 aliphatic heterocycles. The Bertz CT molecular complexity index is 648. The lowest BCUT2D eigenvalue weighted by molar-refractivity contribution is -0.274. The van der Waals surface area contributed by atoms with Crippen molar-refractivity contribution in [3.8, 4) is 11.8 Å². The highest BCUT2D eigenvalue weighted by Crippen LogP contribution is 2.24. The van der Waals surface area contributed by atoms with Gasteiger partial charge in [-0.1, -0.05) is 6.07 Å². The van der Waals surface area contributed by atoms with Crippen molar-refractivity contribution in [1.82, 2.24) is 4.98 Å². The van der Waals surface area contributed by atoms with Gasteiger partial charge in [-0.15, -0.1) is 13.2 Å². The number of rotatable bonds is 4. The Morgan fingerprint density at radius 3 is 2.52 bits per heavy atom. The Labute approximate surface area is 118 Å². The average molecular weight is 293 g/mol. The van der Waals surface area contributed by atoms with E-state index in [1.165, 1.54) is 30.5 Å². The van der Waals surface area contributed by atoms with Gasteiger partial charge in [0.05, 0.1) is 0 Å². The van der Waals surface area contributed by atoms with E-state index in [1.807, 2.05) is 6.07 Å². The molecule has 1 heterocycles. The maximum atomic E-state index is 12.0. The molecule has 0 spiro atoms. The van der Waals surface area contributed by atoms with Crippen molar-refractivity contribution in [3.05, 3.63) is 53.9 Å². The minimum Gasteiger partial charge on any atom is -0.406 e. The number of hydrogen-bond donors (Lipinski definition) is 1. The van der Waals surface area contributed by atoms with Gasteiger partial charge >= 0.3 is 6.36 Å². The van der Waals surface area contributed by atoms with Crippen LogP contribution in [0.4, 0.5) is 18.9 Å². The van der Waals surface area contributed by atoms with E-state index < -0.39 is 6.36 Å². The van der Waals surface area contributed by atoms with E-state index in [2.05, 4.69) is 15.0 Å². The summed E-state index contributed by atoms with van der Waals surface area (Å²) in [4.78, 5) is 3.92. The number of benzene rings is 1. The van der Waals surface area contributed by atoms with Crippen LogP contribution >= 0.6 is 0 Å². The summed E-state index contributed by atoms with van der Waals surface area (Å²) < 4.78 is 39.8. The second-order valence-corrected chi connectivity index (χ2v) is 4.05. The van der Waals surface area contributed by atoms with Gasteiger partial charge in [-0.3, -0.25) is 0 Å². The quantitative estimate of drug-likeness (QED) is 0.937. The molecule has 0 amide bonds. The van der Waals surface area contributed by atoms with Crippen LogP contribution in [0.5, 0.6) is 5.75 Å². The van der Waals surface area contributed by atoms with E-state index in [-0.39, 0.29) is 5.75 Å². The van der Waals surface area contributed by atoms with Gasteiger partial charge in [-0.2, -0.15) is 5.26 Å². The molecular weight excluding hydrogens is 283 g/mol. The molecular formula is C14H10F3N3O. The zero-order valence-electron chi connectivity index (χ0n) is 10.7. The molecule has 0 fully saturated rings. The third-order valence-electron chi connectivity index (χ3n) is 2.57. The van der Waals surface area contributed by atoms with Crippen molar-refractivity contribution in [3.63, 3.8) is 0 Å². The third-order valence-corrected chi connectivity index (χ3v) is 2.57. The monoisotopic (exact) mass is 293 g/mol. The van der Waals surface area contributed by atoms with E-state index in [0.717, 1.165) is 0 Å². The Morgan fingerprint density at radius 1 is 1.19 bits per heavy atom. The number of aromatic nitrogens is 1. The fraction of sp³-hybridized carbons (Fsp3) is 0.143. The van der Waals surface area contributed by atoms with Crippen molar-refractivity contribution in [1.29, 1.82) is 5.26 Å². The predicted octanol–water partition coefficient (Wildman–Crippen LogP) is 3.46.